The van der Waals surface area contributed by atoms with Gasteiger partial charge in [-0.2, -0.15) is 0 Å². The molecule has 0 spiro atoms. The first-order valence-corrected chi connectivity index (χ1v) is 19.3. The average Bonchev–Trinajstić information content (AvgIpc) is 3.07. The second-order valence-electron chi connectivity index (χ2n) is 13.9. The lowest BCUT2D eigenvalue weighted by atomic mass is 9.98. The van der Waals surface area contributed by atoms with Crippen LogP contribution in [-0.2, 0) is 14.3 Å². The molecule has 10 nitrogen and oxygen atoms in total. The van der Waals surface area contributed by atoms with Gasteiger partial charge in [0.25, 0.3) is 0 Å². The third-order valence-electron chi connectivity index (χ3n) is 9.55. The normalized spacial score (nSPS) is 23.4. The Morgan fingerprint density at radius 3 is 1.57 bits per heavy atom. The van der Waals surface area contributed by atoms with Gasteiger partial charge in [0.15, 0.2) is 6.29 Å². The van der Waals surface area contributed by atoms with Gasteiger partial charge in [0.2, 0.25) is 5.91 Å². The highest BCUT2D eigenvalue weighted by molar-refractivity contribution is 5.76. The number of hydrogen-bond acceptors (Lipinski definition) is 9. The minimum Gasteiger partial charge on any atom is -0.394 e. The van der Waals surface area contributed by atoms with E-state index in [0.29, 0.717) is 6.42 Å². The highest BCUT2D eigenvalue weighted by atomic mass is 16.7. The summed E-state index contributed by atoms with van der Waals surface area (Å²) in [6, 6.07) is -0.981. The first-order valence-electron chi connectivity index (χ1n) is 19.3. The number of amides is 1. The van der Waals surface area contributed by atoms with Crippen LogP contribution < -0.4 is 5.32 Å². The number of ether oxygens (including phenoxy) is 2. The standard InChI is InChI=1S/C37H73NO9/c1-3-5-7-9-11-13-15-16-17-19-21-23-25-30(40)33(42)29(28-46-37-36(45)35(44)34(43)31(27-39)47-37)38-32(41)26-24-22-20-18-14-12-10-8-6-4-2/h29-31,33-37,39-40,42-45H,3-28H2,1-2H3,(H,38,41)/t29-,30+,31+,33-,34-,35?,36?,37+/m0/s1. The van der Waals surface area contributed by atoms with Gasteiger partial charge in [0.1, 0.15) is 30.5 Å². The minimum atomic E-state index is -1.60. The number of rotatable bonds is 31. The van der Waals surface area contributed by atoms with E-state index in [1.165, 1.54) is 89.9 Å². The fourth-order valence-electron chi connectivity index (χ4n) is 6.31. The second kappa shape index (κ2) is 28.9. The van der Waals surface area contributed by atoms with Crippen LogP contribution in [0.15, 0.2) is 0 Å². The monoisotopic (exact) mass is 676 g/mol. The number of nitrogens with one attached hydrogen (secondary N) is 1. The van der Waals surface area contributed by atoms with Gasteiger partial charge in [-0.3, -0.25) is 4.79 Å². The van der Waals surface area contributed by atoms with E-state index in [-0.39, 0.29) is 18.9 Å². The molecule has 47 heavy (non-hydrogen) atoms. The molecule has 280 valence electrons. The predicted octanol–water partition coefficient (Wildman–Crippen LogP) is 5.41. The molecule has 1 amide bonds. The minimum absolute atomic E-state index is 0.261. The molecule has 0 saturated carbocycles. The van der Waals surface area contributed by atoms with E-state index >= 15 is 0 Å². The molecule has 1 aliphatic heterocycles. The molecule has 0 aromatic carbocycles. The second-order valence-corrected chi connectivity index (χ2v) is 13.9. The van der Waals surface area contributed by atoms with Crippen LogP contribution in [-0.4, -0.2) is 98.7 Å². The highest BCUT2D eigenvalue weighted by Gasteiger charge is 2.44. The van der Waals surface area contributed by atoms with Gasteiger partial charge in [-0.05, 0) is 12.8 Å². The molecule has 1 heterocycles. The van der Waals surface area contributed by atoms with Crippen LogP contribution >= 0.6 is 0 Å². The summed E-state index contributed by atoms with van der Waals surface area (Å²) in [6.45, 7) is 3.56. The van der Waals surface area contributed by atoms with E-state index in [1.807, 2.05) is 0 Å². The molecule has 10 heteroatoms. The van der Waals surface area contributed by atoms with Crippen molar-refractivity contribution in [2.24, 2.45) is 0 Å². The molecule has 0 aliphatic carbocycles. The molecule has 0 aromatic rings. The number of carbonyl (C=O) groups is 1. The molecule has 1 saturated heterocycles. The maximum absolute atomic E-state index is 12.9. The molecule has 1 aliphatic rings. The van der Waals surface area contributed by atoms with Crippen LogP contribution in [0.1, 0.15) is 168 Å². The maximum atomic E-state index is 12.9. The largest absolute Gasteiger partial charge is 0.394 e. The summed E-state index contributed by atoms with van der Waals surface area (Å²) >= 11 is 0. The van der Waals surface area contributed by atoms with Crippen molar-refractivity contribution >= 4 is 5.91 Å². The van der Waals surface area contributed by atoms with Gasteiger partial charge in [-0.25, -0.2) is 0 Å². The van der Waals surface area contributed by atoms with Crippen LogP contribution in [0.4, 0.5) is 0 Å². The zero-order chi connectivity index (χ0) is 34.7. The van der Waals surface area contributed by atoms with Crippen molar-refractivity contribution in [3.8, 4) is 0 Å². The average molecular weight is 676 g/mol. The summed E-state index contributed by atoms with van der Waals surface area (Å²) in [5.74, 6) is -0.261. The summed E-state index contributed by atoms with van der Waals surface area (Å²) < 4.78 is 11.1. The molecule has 0 bridgehead atoms. The van der Waals surface area contributed by atoms with E-state index in [2.05, 4.69) is 19.2 Å². The van der Waals surface area contributed by atoms with Crippen molar-refractivity contribution in [3.63, 3.8) is 0 Å². The van der Waals surface area contributed by atoms with Crippen molar-refractivity contribution in [2.75, 3.05) is 13.2 Å². The summed E-state index contributed by atoms with van der Waals surface area (Å²) in [6.07, 6.45) is 16.9. The van der Waals surface area contributed by atoms with E-state index in [1.54, 1.807) is 0 Å². The van der Waals surface area contributed by atoms with E-state index in [4.69, 9.17) is 9.47 Å². The first kappa shape index (κ1) is 44.2. The summed E-state index contributed by atoms with van der Waals surface area (Å²) in [5.41, 5.74) is 0. The fourth-order valence-corrected chi connectivity index (χ4v) is 6.31. The SMILES string of the molecule is CCCCCCCCCCCCCC[C@@H](O)[C@@H](O)[C@H](CO[C@@H]1O[C@H](CO)[C@H](O)C(O)C1O)NC(=O)CCCCCCCCCCCC. The van der Waals surface area contributed by atoms with Gasteiger partial charge in [0, 0.05) is 6.42 Å². The zero-order valence-corrected chi connectivity index (χ0v) is 29.9. The van der Waals surface area contributed by atoms with Gasteiger partial charge in [0.05, 0.1) is 25.4 Å². The van der Waals surface area contributed by atoms with Crippen LogP contribution in [0.2, 0.25) is 0 Å². The highest BCUT2D eigenvalue weighted by Crippen LogP contribution is 2.23. The van der Waals surface area contributed by atoms with Crippen molar-refractivity contribution in [1.82, 2.24) is 5.32 Å². The lowest BCUT2D eigenvalue weighted by Crippen LogP contribution is -2.60. The van der Waals surface area contributed by atoms with Gasteiger partial charge < -0.3 is 45.4 Å². The molecule has 8 atom stereocenters. The fraction of sp³-hybridized carbons (Fsp3) is 0.973. The van der Waals surface area contributed by atoms with Crippen LogP contribution in [0.5, 0.6) is 0 Å². The topological polar surface area (TPSA) is 169 Å². The number of carbonyl (C=O) groups excluding carboxylic acids is 1. The Hall–Kier alpha value is -0.850. The van der Waals surface area contributed by atoms with E-state index in [9.17, 15) is 35.4 Å². The van der Waals surface area contributed by atoms with Crippen LogP contribution in [0.3, 0.4) is 0 Å². The molecular formula is C37H73NO9. The quantitative estimate of drug-likeness (QED) is 0.0475. The summed E-state index contributed by atoms with van der Waals surface area (Å²) in [7, 11) is 0. The third kappa shape index (κ3) is 20.4. The smallest absolute Gasteiger partial charge is 0.220 e. The number of aliphatic hydroxyl groups is 6. The van der Waals surface area contributed by atoms with E-state index in [0.717, 1.165) is 51.4 Å². The Morgan fingerprint density at radius 1 is 0.660 bits per heavy atom. The lowest BCUT2D eigenvalue weighted by Gasteiger charge is -2.40. The summed E-state index contributed by atoms with van der Waals surface area (Å²) in [4.78, 5) is 12.9. The number of hydrogen-bond donors (Lipinski definition) is 7. The molecular weight excluding hydrogens is 602 g/mol. The molecule has 2 unspecified atom stereocenters. The Bertz CT molecular complexity index is 728. The lowest BCUT2D eigenvalue weighted by molar-refractivity contribution is -0.303. The Labute approximate surface area is 286 Å². The van der Waals surface area contributed by atoms with Crippen molar-refractivity contribution < 1.29 is 44.9 Å². The van der Waals surface area contributed by atoms with E-state index < -0.39 is 55.6 Å². The van der Waals surface area contributed by atoms with Gasteiger partial charge in [-0.15, -0.1) is 0 Å². The first-order chi connectivity index (χ1) is 22.8. The van der Waals surface area contributed by atoms with Crippen molar-refractivity contribution in [2.45, 2.75) is 217 Å². The van der Waals surface area contributed by atoms with Gasteiger partial charge >= 0.3 is 0 Å². The number of unbranched alkanes of at least 4 members (excludes halogenated alkanes) is 20. The molecule has 7 N–H and O–H groups in total. The molecule has 0 radical (unpaired) electrons. The predicted molar refractivity (Wildman–Crippen MR) is 186 cm³/mol. The van der Waals surface area contributed by atoms with Crippen molar-refractivity contribution in [3.05, 3.63) is 0 Å². The molecule has 0 aromatic heterocycles. The summed E-state index contributed by atoms with van der Waals surface area (Å²) in [5, 5.41) is 64.7. The Kier molecular flexibility index (Phi) is 27.2. The Morgan fingerprint density at radius 2 is 1.11 bits per heavy atom. The number of aliphatic hydroxyl groups excluding tert-OH is 6. The molecule has 1 fully saturated rings. The Balaban J connectivity index is 2.50. The van der Waals surface area contributed by atoms with Crippen LogP contribution in [0.25, 0.3) is 0 Å². The zero-order valence-electron chi connectivity index (χ0n) is 29.9. The van der Waals surface area contributed by atoms with Crippen LogP contribution in [0, 0.1) is 0 Å². The van der Waals surface area contributed by atoms with Gasteiger partial charge in [-0.1, -0.05) is 149 Å². The third-order valence-corrected chi connectivity index (χ3v) is 9.55. The van der Waals surface area contributed by atoms with Crippen molar-refractivity contribution in [1.29, 1.82) is 0 Å². The maximum Gasteiger partial charge on any atom is 0.220 e. The molecule has 1 rings (SSSR count).